The number of alkyl halides is 3. The number of hydrogen-bond acceptors (Lipinski definition) is 1. The first kappa shape index (κ1) is 12.8. The summed E-state index contributed by atoms with van der Waals surface area (Å²) in [6.45, 7) is 7.18. The van der Waals surface area contributed by atoms with Crippen molar-refractivity contribution in [1.29, 1.82) is 0 Å². The molecule has 1 atom stereocenters. The molecule has 0 amide bonds. The van der Waals surface area contributed by atoms with Crippen LogP contribution in [0, 0.1) is 5.92 Å². The van der Waals surface area contributed by atoms with E-state index in [2.05, 4.69) is 0 Å². The number of ether oxygens (including phenoxy) is 1. The van der Waals surface area contributed by atoms with Crippen molar-refractivity contribution in [2.24, 2.45) is 5.92 Å². The van der Waals surface area contributed by atoms with Gasteiger partial charge in [-0.3, -0.25) is 0 Å². The maximum Gasteiger partial charge on any atom is 0.389 e. The second kappa shape index (κ2) is 4.31. The molecule has 80 valence electrons. The van der Waals surface area contributed by atoms with Crippen molar-refractivity contribution in [3.63, 3.8) is 0 Å². The Morgan fingerprint density at radius 3 is 1.92 bits per heavy atom. The Kier molecular flexibility index (Phi) is 4.23. The standard InChI is InChI=1S/C9H17F3O/c1-7(5-9(10,11)12)6-13-8(2,3)4/h7H,5-6H2,1-4H3. The zero-order valence-electron chi connectivity index (χ0n) is 8.53. The van der Waals surface area contributed by atoms with Crippen LogP contribution in [-0.4, -0.2) is 18.4 Å². The number of hydrogen-bond donors (Lipinski definition) is 0. The van der Waals surface area contributed by atoms with Crippen LogP contribution in [0.3, 0.4) is 0 Å². The van der Waals surface area contributed by atoms with E-state index in [1.54, 1.807) is 6.92 Å². The molecule has 0 aromatic carbocycles. The lowest BCUT2D eigenvalue weighted by molar-refractivity contribution is -0.151. The lowest BCUT2D eigenvalue weighted by Gasteiger charge is -2.23. The zero-order chi connectivity index (χ0) is 10.7. The molecule has 0 aliphatic carbocycles. The van der Waals surface area contributed by atoms with E-state index < -0.39 is 18.5 Å². The molecule has 0 radical (unpaired) electrons. The Bertz CT molecular complexity index is 146. The first-order valence-electron chi connectivity index (χ1n) is 4.31. The third-order valence-electron chi connectivity index (χ3n) is 1.38. The quantitative estimate of drug-likeness (QED) is 0.675. The smallest absolute Gasteiger partial charge is 0.376 e. The van der Waals surface area contributed by atoms with Crippen LogP contribution in [0.15, 0.2) is 0 Å². The third kappa shape index (κ3) is 9.67. The molecule has 0 saturated carbocycles. The molecule has 0 N–H and O–H groups in total. The van der Waals surface area contributed by atoms with E-state index in [-0.39, 0.29) is 12.2 Å². The highest BCUT2D eigenvalue weighted by molar-refractivity contribution is 4.63. The largest absolute Gasteiger partial charge is 0.389 e. The van der Waals surface area contributed by atoms with Crippen LogP contribution in [-0.2, 0) is 4.74 Å². The summed E-state index contributed by atoms with van der Waals surface area (Å²) in [5.74, 6) is -0.473. The highest BCUT2D eigenvalue weighted by atomic mass is 19.4. The Hall–Kier alpha value is -0.250. The molecule has 0 heterocycles. The highest BCUT2D eigenvalue weighted by Crippen LogP contribution is 2.25. The monoisotopic (exact) mass is 198 g/mol. The van der Waals surface area contributed by atoms with Crippen LogP contribution in [0.1, 0.15) is 34.1 Å². The van der Waals surface area contributed by atoms with Crippen LogP contribution < -0.4 is 0 Å². The predicted octanol–water partition coefficient (Wildman–Crippen LogP) is 3.39. The van der Waals surface area contributed by atoms with Gasteiger partial charge in [0.15, 0.2) is 0 Å². The van der Waals surface area contributed by atoms with Crippen LogP contribution in [0.5, 0.6) is 0 Å². The lowest BCUT2D eigenvalue weighted by atomic mass is 10.1. The first-order valence-corrected chi connectivity index (χ1v) is 4.31. The van der Waals surface area contributed by atoms with Gasteiger partial charge in [-0.05, 0) is 26.7 Å². The summed E-state index contributed by atoms with van der Waals surface area (Å²) in [7, 11) is 0. The van der Waals surface area contributed by atoms with Gasteiger partial charge in [0.25, 0.3) is 0 Å². The molecule has 0 spiro atoms. The van der Waals surface area contributed by atoms with Crippen LogP contribution in [0.2, 0.25) is 0 Å². The molecule has 0 aliphatic rings. The van der Waals surface area contributed by atoms with Gasteiger partial charge in [0.05, 0.1) is 12.2 Å². The molecule has 1 unspecified atom stereocenters. The second-order valence-electron chi connectivity index (χ2n) is 4.35. The van der Waals surface area contributed by atoms with Gasteiger partial charge in [-0.15, -0.1) is 0 Å². The molecule has 0 aromatic heterocycles. The van der Waals surface area contributed by atoms with Crippen molar-refractivity contribution in [2.45, 2.75) is 45.9 Å². The van der Waals surface area contributed by atoms with E-state index in [0.29, 0.717) is 0 Å². The summed E-state index contributed by atoms with van der Waals surface area (Å²) >= 11 is 0. The Morgan fingerprint density at radius 1 is 1.15 bits per heavy atom. The summed E-state index contributed by atoms with van der Waals surface area (Å²) < 4.78 is 40.8. The minimum atomic E-state index is -4.08. The molecule has 0 aliphatic heterocycles. The molecule has 0 bridgehead atoms. The van der Waals surface area contributed by atoms with Crippen LogP contribution in [0.4, 0.5) is 13.2 Å². The van der Waals surface area contributed by atoms with E-state index >= 15 is 0 Å². The Labute approximate surface area is 77.3 Å². The Morgan fingerprint density at radius 2 is 1.62 bits per heavy atom. The molecule has 0 fully saturated rings. The van der Waals surface area contributed by atoms with Gasteiger partial charge in [-0.1, -0.05) is 6.92 Å². The fourth-order valence-corrected chi connectivity index (χ4v) is 0.846. The number of rotatable bonds is 3. The molecular weight excluding hydrogens is 181 g/mol. The zero-order valence-corrected chi connectivity index (χ0v) is 8.53. The van der Waals surface area contributed by atoms with Gasteiger partial charge in [0.1, 0.15) is 0 Å². The second-order valence-corrected chi connectivity index (χ2v) is 4.35. The summed E-state index contributed by atoms with van der Waals surface area (Å²) in [4.78, 5) is 0. The van der Waals surface area contributed by atoms with Crippen LogP contribution >= 0.6 is 0 Å². The minimum Gasteiger partial charge on any atom is -0.376 e. The first-order chi connectivity index (χ1) is 5.60. The van der Waals surface area contributed by atoms with Crippen molar-refractivity contribution < 1.29 is 17.9 Å². The van der Waals surface area contributed by atoms with Gasteiger partial charge in [-0.25, -0.2) is 0 Å². The normalized spacial score (nSPS) is 15.9. The summed E-state index contributed by atoms with van der Waals surface area (Å²) in [5, 5.41) is 0. The predicted molar refractivity (Wildman–Crippen MR) is 45.5 cm³/mol. The fourth-order valence-electron chi connectivity index (χ4n) is 0.846. The molecule has 0 rings (SSSR count). The molecule has 13 heavy (non-hydrogen) atoms. The minimum absolute atomic E-state index is 0.156. The SMILES string of the molecule is CC(COC(C)(C)C)CC(F)(F)F. The highest BCUT2D eigenvalue weighted by Gasteiger charge is 2.30. The van der Waals surface area contributed by atoms with Crippen molar-refractivity contribution >= 4 is 0 Å². The van der Waals surface area contributed by atoms with Gasteiger partial charge in [-0.2, -0.15) is 13.2 Å². The van der Waals surface area contributed by atoms with E-state index in [0.717, 1.165) is 0 Å². The summed E-state index contributed by atoms with van der Waals surface area (Å²) in [5.41, 5.74) is -0.361. The van der Waals surface area contributed by atoms with Crippen molar-refractivity contribution in [3.8, 4) is 0 Å². The van der Waals surface area contributed by atoms with Crippen LogP contribution in [0.25, 0.3) is 0 Å². The number of halogens is 3. The molecule has 0 saturated heterocycles. The maximum atomic E-state index is 11.9. The van der Waals surface area contributed by atoms with Crippen molar-refractivity contribution in [3.05, 3.63) is 0 Å². The Balaban J connectivity index is 3.70. The van der Waals surface area contributed by atoms with Crippen molar-refractivity contribution in [2.75, 3.05) is 6.61 Å². The lowest BCUT2D eigenvalue weighted by Crippen LogP contribution is -2.25. The topological polar surface area (TPSA) is 9.23 Å². The molecular formula is C9H17F3O. The maximum absolute atomic E-state index is 11.9. The van der Waals surface area contributed by atoms with E-state index in [1.165, 1.54) is 0 Å². The van der Waals surface area contributed by atoms with Gasteiger partial charge in [0, 0.05) is 6.42 Å². The molecule has 1 nitrogen and oxygen atoms in total. The average molecular weight is 198 g/mol. The molecule has 0 aromatic rings. The van der Waals surface area contributed by atoms with Crippen molar-refractivity contribution in [1.82, 2.24) is 0 Å². The van der Waals surface area contributed by atoms with Gasteiger partial charge >= 0.3 is 6.18 Å². The fraction of sp³-hybridized carbons (Fsp3) is 1.00. The summed E-state index contributed by atoms with van der Waals surface area (Å²) in [6, 6.07) is 0. The van der Waals surface area contributed by atoms with Gasteiger partial charge in [0.2, 0.25) is 0 Å². The third-order valence-corrected chi connectivity index (χ3v) is 1.38. The summed E-state index contributed by atoms with van der Waals surface area (Å²) in [6.07, 6.45) is -4.86. The van der Waals surface area contributed by atoms with E-state index in [9.17, 15) is 13.2 Å². The molecule has 4 heteroatoms. The van der Waals surface area contributed by atoms with E-state index in [1.807, 2.05) is 20.8 Å². The average Bonchev–Trinajstić information content (AvgIpc) is 1.78. The van der Waals surface area contributed by atoms with E-state index in [4.69, 9.17) is 4.74 Å². The van der Waals surface area contributed by atoms with Gasteiger partial charge < -0.3 is 4.74 Å².